The SMILES string of the molecule is C1CCOCC1.Cc1ccnc(-c2ccc(F)cc2F)c1/C=N\N(C)C=O.c1cnn(C2CC2)c1. The summed E-state index contributed by atoms with van der Waals surface area (Å²) in [4.78, 5) is 14.7. The lowest BCUT2D eigenvalue weighted by Crippen LogP contribution is -2.08. The molecule has 1 saturated carbocycles. The zero-order valence-corrected chi connectivity index (χ0v) is 20.1. The first-order chi connectivity index (χ1) is 17.0. The van der Waals surface area contributed by atoms with Crippen LogP contribution in [0, 0.1) is 18.6 Å². The van der Waals surface area contributed by atoms with Crippen molar-refractivity contribution in [2.75, 3.05) is 20.3 Å². The Labute approximate surface area is 204 Å². The maximum Gasteiger partial charge on any atom is 0.229 e. The molecule has 3 aromatic rings. The second kappa shape index (κ2) is 13.4. The van der Waals surface area contributed by atoms with Crippen molar-refractivity contribution >= 4 is 12.6 Å². The van der Waals surface area contributed by atoms with Crippen LogP contribution in [0.3, 0.4) is 0 Å². The molecule has 0 atom stereocenters. The molecule has 5 rings (SSSR count). The smallest absolute Gasteiger partial charge is 0.229 e. The molecule has 35 heavy (non-hydrogen) atoms. The highest BCUT2D eigenvalue weighted by Crippen LogP contribution is 2.33. The fourth-order valence-electron chi connectivity index (χ4n) is 3.33. The van der Waals surface area contributed by atoms with E-state index in [-0.39, 0.29) is 5.56 Å². The van der Waals surface area contributed by atoms with Gasteiger partial charge in [-0.2, -0.15) is 10.2 Å². The summed E-state index contributed by atoms with van der Waals surface area (Å²) in [5, 5.41) is 9.09. The molecule has 3 heterocycles. The van der Waals surface area contributed by atoms with Gasteiger partial charge in [-0.1, -0.05) is 0 Å². The number of rotatable bonds is 5. The van der Waals surface area contributed by atoms with Gasteiger partial charge in [0.25, 0.3) is 0 Å². The van der Waals surface area contributed by atoms with Crippen LogP contribution in [-0.2, 0) is 9.53 Å². The lowest BCUT2D eigenvalue weighted by Gasteiger charge is -2.10. The number of pyridine rings is 1. The van der Waals surface area contributed by atoms with Gasteiger partial charge in [0.2, 0.25) is 6.41 Å². The van der Waals surface area contributed by atoms with E-state index in [0.29, 0.717) is 17.7 Å². The van der Waals surface area contributed by atoms with Gasteiger partial charge in [0, 0.05) is 56.0 Å². The van der Waals surface area contributed by atoms with Crippen molar-refractivity contribution in [1.29, 1.82) is 0 Å². The minimum Gasteiger partial charge on any atom is -0.381 e. The molecule has 2 aromatic heterocycles. The van der Waals surface area contributed by atoms with E-state index < -0.39 is 11.6 Å². The van der Waals surface area contributed by atoms with Crippen molar-refractivity contribution in [2.45, 2.75) is 45.1 Å². The number of hydrogen-bond donors (Lipinski definition) is 0. The highest BCUT2D eigenvalue weighted by Gasteiger charge is 2.22. The number of aryl methyl sites for hydroxylation is 1. The van der Waals surface area contributed by atoms with Gasteiger partial charge in [-0.3, -0.25) is 14.5 Å². The molecule has 0 N–H and O–H groups in total. The molecule has 0 bridgehead atoms. The zero-order chi connectivity index (χ0) is 25.0. The third-order valence-corrected chi connectivity index (χ3v) is 5.44. The Hall–Kier alpha value is -3.46. The normalized spacial score (nSPS) is 15.0. The Morgan fingerprint density at radius 2 is 1.91 bits per heavy atom. The second-order valence-corrected chi connectivity index (χ2v) is 8.33. The highest BCUT2D eigenvalue weighted by atomic mass is 19.1. The Morgan fingerprint density at radius 3 is 2.46 bits per heavy atom. The lowest BCUT2D eigenvalue weighted by molar-refractivity contribution is -0.116. The van der Waals surface area contributed by atoms with Gasteiger partial charge in [-0.15, -0.1) is 0 Å². The van der Waals surface area contributed by atoms with Crippen molar-refractivity contribution < 1.29 is 18.3 Å². The van der Waals surface area contributed by atoms with Gasteiger partial charge in [-0.05, 0) is 68.9 Å². The molecule has 2 aliphatic rings. The summed E-state index contributed by atoms with van der Waals surface area (Å²) in [5.41, 5.74) is 1.90. The Kier molecular flexibility index (Phi) is 10.0. The fourth-order valence-corrected chi connectivity index (χ4v) is 3.33. The first kappa shape index (κ1) is 26.2. The summed E-state index contributed by atoms with van der Waals surface area (Å²) < 4.78 is 34.0. The van der Waals surface area contributed by atoms with Crippen LogP contribution >= 0.6 is 0 Å². The highest BCUT2D eigenvalue weighted by molar-refractivity contribution is 5.90. The average molecular weight is 484 g/mol. The predicted octanol–water partition coefficient (Wildman–Crippen LogP) is 5.16. The van der Waals surface area contributed by atoms with E-state index in [1.165, 1.54) is 63.7 Å². The summed E-state index contributed by atoms with van der Waals surface area (Å²) in [6.45, 7) is 3.81. The first-order valence-electron chi connectivity index (χ1n) is 11.7. The fraction of sp³-hybridized carbons (Fsp3) is 0.385. The van der Waals surface area contributed by atoms with E-state index in [1.54, 1.807) is 6.07 Å². The van der Waals surface area contributed by atoms with Crippen molar-refractivity contribution in [3.63, 3.8) is 0 Å². The van der Waals surface area contributed by atoms with E-state index in [9.17, 15) is 13.6 Å². The Balaban J connectivity index is 0.000000195. The van der Waals surface area contributed by atoms with Gasteiger partial charge in [0.1, 0.15) is 11.6 Å². The van der Waals surface area contributed by atoms with Gasteiger partial charge >= 0.3 is 0 Å². The van der Waals surface area contributed by atoms with Crippen molar-refractivity contribution in [1.82, 2.24) is 19.8 Å². The largest absolute Gasteiger partial charge is 0.381 e. The lowest BCUT2D eigenvalue weighted by atomic mass is 10.0. The molecule has 1 aliphatic carbocycles. The molecular weight excluding hydrogens is 452 g/mol. The van der Waals surface area contributed by atoms with Crippen molar-refractivity contribution in [3.8, 4) is 11.3 Å². The predicted molar refractivity (Wildman–Crippen MR) is 131 cm³/mol. The van der Waals surface area contributed by atoms with E-state index in [1.807, 2.05) is 30.1 Å². The summed E-state index contributed by atoms with van der Waals surface area (Å²) in [5.74, 6) is -1.36. The molecule has 1 saturated heterocycles. The number of halogens is 2. The third kappa shape index (κ3) is 8.36. The van der Waals surface area contributed by atoms with Gasteiger partial charge in [-0.25, -0.2) is 13.8 Å². The maximum atomic E-state index is 13.9. The number of carbonyl (C=O) groups is 1. The Bertz CT molecular complexity index is 1090. The molecule has 7 nitrogen and oxygen atoms in total. The van der Waals surface area contributed by atoms with Gasteiger partial charge in [0.05, 0.1) is 18.0 Å². The molecule has 0 spiro atoms. The van der Waals surface area contributed by atoms with Crippen LogP contribution in [0.4, 0.5) is 8.78 Å². The Morgan fingerprint density at radius 1 is 1.14 bits per heavy atom. The van der Waals surface area contributed by atoms with Crippen molar-refractivity contribution in [2.24, 2.45) is 5.10 Å². The molecule has 0 radical (unpaired) electrons. The standard InChI is InChI=1S/C15H13F2N3O.C6H8N2.C5H10O/c1-10-5-6-18-15(13(10)8-19-20(2)9-21)12-4-3-11(16)7-14(12)17;1-4-7-8(5-1)6-2-3-6;1-2-4-6-5-3-1/h3-9H,1-2H3;1,4-6H,2-3H2;1-5H2/b19-8-;;. The number of carbonyl (C=O) groups excluding carboxylic acids is 1. The summed E-state index contributed by atoms with van der Waals surface area (Å²) in [7, 11) is 1.48. The maximum absolute atomic E-state index is 13.9. The van der Waals surface area contributed by atoms with Crippen LogP contribution in [0.5, 0.6) is 0 Å². The number of hydrogen-bond acceptors (Lipinski definition) is 5. The minimum absolute atomic E-state index is 0.176. The van der Waals surface area contributed by atoms with Crippen LogP contribution in [0.2, 0.25) is 0 Å². The van der Waals surface area contributed by atoms with Gasteiger partial charge < -0.3 is 4.74 Å². The van der Waals surface area contributed by atoms with Crippen molar-refractivity contribution in [3.05, 3.63) is 71.7 Å². The molecule has 9 heteroatoms. The molecule has 1 amide bonds. The van der Waals surface area contributed by atoms with Crippen LogP contribution in [0.1, 0.15) is 49.3 Å². The number of ether oxygens (including phenoxy) is 1. The minimum atomic E-state index is -0.702. The number of aromatic nitrogens is 3. The number of nitrogens with zero attached hydrogens (tertiary/aromatic N) is 5. The first-order valence-corrected chi connectivity index (χ1v) is 11.7. The van der Waals surface area contributed by atoms with Crippen LogP contribution in [0.25, 0.3) is 11.3 Å². The number of benzene rings is 1. The van der Waals surface area contributed by atoms with E-state index in [2.05, 4.69) is 15.2 Å². The average Bonchev–Trinajstić information content (AvgIpc) is 3.58. The summed E-state index contributed by atoms with van der Waals surface area (Å²) in [6.07, 6.45) is 13.9. The van der Waals surface area contributed by atoms with E-state index in [4.69, 9.17) is 4.74 Å². The zero-order valence-electron chi connectivity index (χ0n) is 20.1. The topological polar surface area (TPSA) is 72.6 Å². The number of hydrazone groups is 1. The summed E-state index contributed by atoms with van der Waals surface area (Å²) >= 11 is 0. The molecule has 1 aromatic carbocycles. The molecule has 186 valence electrons. The van der Waals surface area contributed by atoms with E-state index >= 15 is 0 Å². The molecule has 2 fully saturated rings. The van der Waals surface area contributed by atoms with Crippen LogP contribution < -0.4 is 0 Å². The van der Waals surface area contributed by atoms with Crippen LogP contribution in [-0.4, -0.2) is 52.7 Å². The van der Waals surface area contributed by atoms with Gasteiger partial charge in [0.15, 0.2) is 0 Å². The number of amides is 1. The van der Waals surface area contributed by atoms with Crippen LogP contribution in [0.15, 0.2) is 54.0 Å². The monoisotopic (exact) mass is 483 g/mol. The van der Waals surface area contributed by atoms with E-state index in [0.717, 1.165) is 35.9 Å². The molecule has 0 unspecified atom stereocenters. The third-order valence-electron chi connectivity index (χ3n) is 5.44. The molecular formula is C26H31F2N5O2. The molecule has 1 aliphatic heterocycles. The summed E-state index contributed by atoms with van der Waals surface area (Å²) in [6, 6.07) is 7.75. The second-order valence-electron chi connectivity index (χ2n) is 8.33. The quantitative estimate of drug-likeness (QED) is 0.285.